The van der Waals surface area contributed by atoms with E-state index in [1.807, 2.05) is 0 Å². The van der Waals surface area contributed by atoms with Crippen molar-refractivity contribution in [2.24, 2.45) is 0 Å². The largest absolute Gasteiger partial charge is 0.297 e. The van der Waals surface area contributed by atoms with Crippen molar-refractivity contribution < 1.29 is 0 Å². The highest BCUT2D eigenvalue weighted by molar-refractivity contribution is 4.89. The second-order valence-corrected chi connectivity index (χ2v) is 4.05. The van der Waals surface area contributed by atoms with Crippen LogP contribution in [0.4, 0.5) is 0 Å². The third-order valence-corrected chi connectivity index (χ3v) is 2.22. The van der Waals surface area contributed by atoms with Gasteiger partial charge in [-0.15, -0.1) is 0 Å². The van der Waals surface area contributed by atoms with Gasteiger partial charge in [0.25, 0.3) is 0 Å². The van der Waals surface area contributed by atoms with E-state index in [-0.39, 0.29) is 0 Å². The van der Waals surface area contributed by atoms with E-state index in [4.69, 9.17) is 0 Å². The summed E-state index contributed by atoms with van der Waals surface area (Å²) in [5.74, 6) is 0. The van der Waals surface area contributed by atoms with Crippen molar-refractivity contribution in [1.82, 2.24) is 10.2 Å². The minimum Gasteiger partial charge on any atom is -0.297 e. The summed E-state index contributed by atoms with van der Waals surface area (Å²) < 4.78 is 0. The maximum Gasteiger partial charge on any atom is 0.0596 e. The van der Waals surface area contributed by atoms with Gasteiger partial charge >= 0.3 is 0 Å². The molecule has 1 rings (SSSR count). The summed E-state index contributed by atoms with van der Waals surface area (Å²) in [4.78, 5) is 2.24. The normalized spacial score (nSPS) is 31.5. The van der Waals surface area contributed by atoms with Crippen LogP contribution in [0.3, 0.4) is 0 Å². The molecule has 1 aliphatic heterocycles. The monoisotopic (exact) mass is 142 g/mol. The lowest BCUT2D eigenvalue weighted by atomic mass is 10.0. The van der Waals surface area contributed by atoms with Crippen LogP contribution < -0.4 is 5.32 Å². The van der Waals surface area contributed by atoms with Gasteiger partial charge in [-0.2, -0.15) is 0 Å². The highest BCUT2D eigenvalue weighted by Crippen LogP contribution is 2.22. The molecule has 0 bridgehead atoms. The van der Waals surface area contributed by atoms with Crippen molar-refractivity contribution in [2.75, 3.05) is 14.1 Å². The average molecular weight is 142 g/mol. The van der Waals surface area contributed by atoms with Crippen LogP contribution in [0, 0.1) is 0 Å². The SMILES string of the molecule is CN(C)C1CCC(C)(C)N1. The Balaban J connectivity index is 2.43. The molecule has 0 spiro atoms. The van der Waals surface area contributed by atoms with Gasteiger partial charge in [0.2, 0.25) is 0 Å². The number of hydrogen-bond acceptors (Lipinski definition) is 2. The predicted octanol–water partition coefficient (Wildman–Crippen LogP) is 1.04. The topological polar surface area (TPSA) is 15.3 Å². The van der Waals surface area contributed by atoms with E-state index in [9.17, 15) is 0 Å². The molecule has 2 nitrogen and oxygen atoms in total. The zero-order valence-electron chi connectivity index (χ0n) is 7.44. The van der Waals surface area contributed by atoms with Gasteiger partial charge in [-0.1, -0.05) is 0 Å². The molecule has 1 unspecified atom stereocenters. The Morgan fingerprint density at radius 1 is 1.40 bits per heavy atom. The maximum absolute atomic E-state index is 3.56. The van der Waals surface area contributed by atoms with Gasteiger partial charge in [-0.3, -0.25) is 10.2 Å². The van der Waals surface area contributed by atoms with Crippen molar-refractivity contribution in [3.63, 3.8) is 0 Å². The fourth-order valence-corrected chi connectivity index (χ4v) is 1.48. The van der Waals surface area contributed by atoms with E-state index in [2.05, 4.69) is 38.2 Å². The van der Waals surface area contributed by atoms with E-state index < -0.39 is 0 Å². The highest BCUT2D eigenvalue weighted by Gasteiger charge is 2.30. The molecular weight excluding hydrogens is 124 g/mol. The van der Waals surface area contributed by atoms with E-state index in [1.165, 1.54) is 12.8 Å². The molecule has 1 fully saturated rings. The maximum atomic E-state index is 3.56. The summed E-state index contributed by atoms with van der Waals surface area (Å²) in [5.41, 5.74) is 0.356. The Hall–Kier alpha value is -0.0800. The first kappa shape index (κ1) is 8.02. The first-order chi connectivity index (χ1) is 4.51. The van der Waals surface area contributed by atoms with Crippen LogP contribution >= 0.6 is 0 Å². The van der Waals surface area contributed by atoms with Gasteiger partial charge in [-0.05, 0) is 40.8 Å². The molecule has 60 valence electrons. The smallest absolute Gasteiger partial charge is 0.0596 e. The molecule has 1 saturated heterocycles. The van der Waals surface area contributed by atoms with Gasteiger partial charge in [0.15, 0.2) is 0 Å². The van der Waals surface area contributed by atoms with Crippen LogP contribution in [0.2, 0.25) is 0 Å². The van der Waals surface area contributed by atoms with Crippen LogP contribution in [0.15, 0.2) is 0 Å². The first-order valence-electron chi connectivity index (χ1n) is 3.95. The van der Waals surface area contributed by atoms with Crippen molar-refractivity contribution in [3.05, 3.63) is 0 Å². The van der Waals surface area contributed by atoms with E-state index >= 15 is 0 Å². The summed E-state index contributed by atoms with van der Waals surface area (Å²) in [6.07, 6.45) is 3.16. The molecule has 1 atom stereocenters. The molecule has 0 aromatic heterocycles. The fourth-order valence-electron chi connectivity index (χ4n) is 1.48. The summed E-state index contributed by atoms with van der Waals surface area (Å²) in [6, 6.07) is 0. The third kappa shape index (κ3) is 1.70. The molecule has 2 heteroatoms. The van der Waals surface area contributed by atoms with Gasteiger partial charge in [0.05, 0.1) is 6.17 Å². The average Bonchev–Trinajstić information content (AvgIpc) is 2.10. The zero-order valence-corrected chi connectivity index (χ0v) is 7.44. The molecule has 10 heavy (non-hydrogen) atoms. The summed E-state index contributed by atoms with van der Waals surface area (Å²) in [7, 11) is 4.25. The van der Waals surface area contributed by atoms with Crippen molar-refractivity contribution in [3.8, 4) is 0 Å². The molecule has 0 amide bonds. The Labute approximate surface area is 63.6 Å². The van der Waals surface area contributed by atoms with Crippen molar-refractivity contribution in [1.29, 1.82) is 0 Å². The van der Waals surface area contributed by atoms with Crippen molar-refractivity contribution >= 4 is 0 Å². The second kappa shape index (κ2) is 2.51. The molecule has 0 radical (unpaired) electrons. The van der Waals surface area contributed by atoms with Gasteiger partial charge in [0.1, 0.15) is 0 Å². The van der Waals surface area contributed by atoms with Crippen LogP contribution in [0.5, 0.6) is 0 Å². The first-order valence-corrected chi connectivity index (χ1v) is 3.95. The number of hydrogen-bond donors (Lipinski definition) is 1. The zero-order chi connectivity index (χ0) is 7.78. The van der Waals surface area contributed by atoms with Crippen LogP contribution in [0.25, 0.3) is 0 Å². The lowest BCUT2D eigenvalue weighted by molar-refractivity contribution is 0.250. The predicted molar refractivity (Wildman–Crippen MR) is 43.9 cm³/mol. The van der Waals surface area contributed by atoms with Crippen LogP contribution in [0.1, 0.15) is 26.7 Å². The fraction of sp³-hybridized carbons (Fsp3) is 1.00. The Morgan fingerprint density at radius 3 is 2.20 bits per heavy atom. The summed E-state index contributed by atoms with van der Waals surface area (Å²) in [5, 5.41) is 3.56. The molecule has 0 aromatic rings. The molecule has 0 saturated carbocycles. The number of rotatable bonds is 1. The molecule has 1 N–H and O–H groups in total. The quantitative estimate of drug-likeness (QED) is 0.588. The third-order valence-electron chi connectivity index (χ3n) is 2.22. The molecular formula is C8H18N2. The van der Waals surface area contributed by atoms with Crippen LogP contribution in [-0.4, -0.2) is 30.7 Å². The van der Waals surface area contributed by atoms with E-state index in [0.29, 0.717) is 11.7 Å². The molecule has 1 aliphatic rings. The Morgan fingerprint density at radius 2 is 2.00 bits per heavy atom. The lowest BCUT2D eigenvalue weighted by Gasteiger charge is -2.24. The minimum atomic E-state index is 0.356. The number of nitrogens with one attached hydrogen (secondary N) is 1. The second-order valence-electron chi connectivity index (χ2n) is 4.05. The van der Waals surface area contributed by atoms with Crippen LogP contribution in [-0.2, 0) is 0 Å². The molecule has 1 heterocycles. The molecule has 0 aromatic carbocycles. The van der Waals surface area contributed by atoms with Crippen molar-refractivity contribution in [2.45, 2.75) is 38.4 Å². The minimum absolute atomic E-state index is 0.356. The molecule has 0 aliphatic carbocycles. The van der Waals surface area contributed by atoms with Gasteiger partial charge in [0, 0.05) is 5.54 Å². The van der Waals surface area contributed by atoms with E-state index in [1.54, 1.807) is 0 Å². The van der Waals surface area contributed by atoms with Gasteiger partial charge < -0.3 is 0 Å². The Bertz CT molecular complexity index is 118. The van der Waals surface area contributed by atoms with Gasteiger partial charge in [-0.25, -0.2) is 0 Å². The Kier molecular flexibility index (Phi) is 2.02. The standard InChI is InChI=1S/C8H18N2/c1-8(2)6-5-7(9-8)10(3)4/h7,9H,5-6H2,1-4H3. The van der Waals surface area contributed by atoms with E-state index in [0.717, 1.165) is 0 Å². The highest BCUT2D eigenvalue weighted by atomic mass is 15.3. The summed E-state index contributed by atoms with van der Waals surface area (Å²) in [6.45, 7) is 4.52. The number of nitrogens with zero attached hydrogens (tertiary/aromatic N) is 1. The lowest BCUT2D eigenvalue weighted by Crippen LogP contribution is -2.44. The summed E-state index contributed by atoms with van der Waals surface area (Å²) >= 11 is 0.